The molecule has 2 aromatic heterocycles. The van der Waals surface area contributed by atoms with Crippen molar-refractivity contribution in [1.82, 2.24) is 9.97 Å². The first kappa shape index (κ1) is 15.0. The number of aryl methyl sites for hydroxylation is 1. The molecule has 0 amide bonds. The Hall–Kier alpha value is -2.53. The lowest BCUT2D eigenvalue weighted by molar-refractivity contribution is 0.660. The van der Waals surface area contributed by atoms with E-state index < -0.39 is 0 Å². The molecule has 4 aromatic rings. The Morgan fingerprint density at radius 2 is 1.88 bits per heavy atom. The Morgan fingerprint density at radius 1 is 1.08 bits per heavy atom. The molecule has 0 aliphatic carbocycles. The van der Waals surface area contributed by atoms with Crippen LogP contribution >= 0.6 is 11.8 Å². The number of aromatic nitrogens is 2. The van der Waals surface area contributed by atoms with E-state index in [2.05, 4.69) is 29.0 Å². The van der Waals surface area contributed by atoms with Gasteiger partial charge in [0.1, 0.15) is 16.9 Å². The van der Waals surface area contributed by atoms with Crippen LogP contribution in [0.4, 0.5) is 0 Å². The van der Waals surface area contributed by atoms with Gasteiger partial charge in [0.2, 0.25) is 5.58 Å². The normalized spacial score (nSPS) is 11.4. The molecular formula is C19H16N2O2S. The average Bonchev–Trinajstić information content (AvgIpc) is 2.96. The first-order chi connectivity index (χ1) is 11.7. The predicted octanol–water partition coefficient (Wildman–Crippen LogP) is 4.41. The zero-order chi connectivity index (χ0) is 16.5. The van der Waals surface area contributed by atoms with E-state index in [1.165, 1.54) is 11.1 Å². The Bertz CT molecular complexity index is 1080. The molecular weight excluding hydrogens is 320 g/mol. The molecule has 4 nitrogen and oxygen atoms in total. The van der Waals surface area contributed by atoms with E-state index in [-0.39, 0.29) is 5.56 Å². The maximum atomic E-state index is 12.3. The molecule has 0 radical (unpaired) electrons. The van der Waals surface area contributed by atoms with Crippen molar-refractivity contribution in [1.29, 1.82) is 0 Å². The van der Waals surface area contributed by atoms with Gasteiger partial charge in [-0.25, -0.2) is 4.98 Å². The number of thioether (sulfide) groups is 1. The fourth-order valence-corrected chi connectivity index (χ4v) is 3.72. The highest BCUT2D eigenvalue weighted by Gasteiger charge is 2.12. The van der Waals surface area contributed by atoms with Crippen LogP contribution in [0.3, 0.4) is 0 Å². The lowest BCUT2D eigenvalue weighted by atomic mass is 10.1. The van der Waals surface area contributed by atoms with Crippen molar-refractivity contribution < 1.29 is 4.42 Å². The number of H-pyrrole nitrogens is 1. The van der Waals surface area contributed by atoms with Crippen molar-refractivity contribution in [3.63, 3.8) is 0 Å². The largest absolute Gasteiger partial charge is 0.449 e. The number of fused-ring (bicyclic) bond motifs is 3. The summed E-state index contributed by atoms with van der Waals surface area (Å²) in [4.78, 5) is 19.7. The third kappa shape index (κ3) is 2.71. The van der Waals surface area contributed by atoms with Gasteiger partial charge in [-0.15, -0.1) is 11.8 Å². The van der Waals surface area contributed by atoms with Gasteiger partial charge in [0.05, 0.1) is 5.75 Å². The molecule has 24 heavy (non-hydrogen) atoms. The molecule has 0 unspecified atom stereocenters. The molecule has 120 valence electrons. The van der Waals surface area contributed by atoms with E-state index in [4.69, 9.17) is 4.42 Å². The van der Waals surface area contributed by atoms with Gasteiger partial charge < -0.3 is 9.40 Å². The van der Waals surface area contributed by atoms with Crippen LogP contribution in [0.15, 0.2) is 57.7 Å². The summed E-state index contributed by atoms with van der Waals surface area (Å²) in [5.41, 5.74) is 3.99. The molecule has 0 aliphatic heterocycles. The van der Waals surface area contributed by atoms with E-state index in [0.29, 0.717) is 28.3 Å². The second-order valence-corrected chi connectivity index (χ2v) is 6.69. The summed E-state index contributed by atoms with van der Waals surface area (Å²) < 4.78 is 5.61. The molecule has 5 heteroatoms. The van der Waals surface area contributed by atoms with Crippen LogP contribution in [0.1, 0.15) is 17.0 Å². The van der Waals surface area contributed by atoms with Crippen molar-refractivity contribution in [3.05, 3.63) is 75.8 Å². The van der Waals surface area contributed by atoms with Gasteiger partial charge in [0.25, 0.3) is 5.56 Å². The van der Waals surface area contributed by atoms with Crippen LogP contribution in [-0.4, -0.2) is 9.97 Å². The summed E-state index contributed by atoms with van der Waals surface area (Å²) >= 11 is 1.74. The molecule has 1 N–H and O–H groups in total. The summed E-state index contributed by atoms with van der Waals surface area (Å²) in [5, 5.41) is 0.878. The Kier molecular flexibility index (Phi) is 3.86. The first-order valence-corrected chi connectivity index (χ1v) is 8.90. The first-order valence-electron chi connectivity index (χ1n) is 7.75. The third-order valence-electron chi connectivity index (χ3n) is 4.04. The average molecular weight is 336 g/mol. The molecule has 0 atom stereocenters. The molecule has 4 rings (SSSR count). The van der Waals surface area contributed by atoms with Gasteiger partial charge in [-0.05, 0) is 30.2 Å². The van der Waals surface area contributed by atoms with Crippen molar-refractivity contribution in [2.24, 2.45) is 0 Å². The topological polar surface area (TPSA) is 58.9 Å². The lowest BCUT2D eigenvalue weighted by Gasteiger charge is -2.05. The number of nitrogens with zero attached hydrogens (tertiary/aromatic N) is 1. The molecule has 0 saturated carbocycles. The van der Waals surface area contributed by atoms with Crippen LogP contribution in [0.2, 0.25) is 0 Å². The monoisotopic (exact) mass is 336 g/mol. The lowest BCUT2D eigenvalue weighted by Crippen LogP contribution is -2.10. The summed E-state index contributed by atoms with van der Waals surface area (Å²) in [7, 11) is 0. The Balaban J connectivity index is 1.62. The van der Waals surface area contributed by atoms with Gasteiger partial charge in [-0.2, -0.15) is 0 Å². The van der Waals surface area contributed by atoms with Crippen molar-refractivity contribution in [3.8, 4) is 0 Å². The number of furan rings is 1. The number of nitrogens with one attached hydrogen (secondary N) is 1. The maximum absolute atomic E-state index is 12.3. The Labute approximate surface area is 142 Å². The van der Waals surface area contributed by atoms with E-state index in [9.17, 15) is 4.79 Å². The Morgan fingerprint density at radius 3 is 2.75 bits per heavy atom. The van der Waals surface area contributed by atoms with Crippen LogP contribution in [0.25, 0.3) is 22.1 Å². The summed E-state index contributed by atoms with van der Waals surface area (Å²) in [6.45, 7) is 2.11. The molecule has 0 saturated heterocycles. The summed E-state index contributed by atoms with van der Waals surface area (Å²) in [5.74, 6) is 2.22. The highest BCUT2D eigenvalue weighted by Crippen LogP contribution is 2.25. The van der Waals surface area contributed by atoms with Crippen LogP contribution < -0.4 is 5.56 Å². The smallest absolute Gasteiger partial charge is 0.294 e. The highest BCUT2D eigenvalue weighted by molar-refractivity contribution is 7.97. The zero-order valence-electron chi connectivity index (χ0n) is 13.2. The molecule has 2 aromatic carbocycles. The maximum Gasteiger partial charge on any atom is 0.294 e. The zero-order valence-corrected chi connectivity index (χ0v) is 14.0. The van der Waals surface area contributed by atoms with Crippen LogP contribution in [0.5, 0.6) is 0 Å². The number of benzene rings is 2. The van der Waals surface area contributed by atoms with Crippen molar-refractivity contribution in [2.75, 3.05) is 0 Å². The van der Waals surface area contributed by atoms with Gasteiger partial charge in [0, 0.05) is 11.1 Å². The van der Waals surface area contributed by atoms with Gasteiger partial charge in [0.15, 0.2) is 0 Å². The third-order valence-corrected chi connectivity index (χ3v) is 5.03. The quantitative estimate of drug-likeness (QED) is 0.600. The van der Waals surface area contributed by atoms with Crippen LogP contribution in [-0.2, 0) is 11.5 Å². The fourth-order valence-electron chi connectivity index (χ4n) is 2.75. The predicted molar refractivity (Wildman–Crippen MR) is 98.3 cm³/mol. The fraction of sp³-hybridized carbons (Fsp3) is 0.158. The van der Waals surface area contributed by atoms with Gasteiger partial charge in [-0.3, -0.25) is 4.79 Å². The second-order valence-electron chi connectivity index (χ2n) is 5.71. The summed E-state index contributed by atoms with van der Waals surface area (Å²) in [6, 6.07) is 15.9. The van der Waals surface area contributed by atoms with E-state index in [0.717, 1.165) is 11.1 Å². The number of rotatable bonds is 4. The molecule has 2 heterocycles. The molecule has 0 bridgehead atoms. The van der Waals surface area contributed by atoms with Crippen molar-refractivity contribution in [2.45, 2.75) is 18.4 Å². The minimum Gasteiger partial charge on any atom is -0.449 e. The number of hydrogen-bond donors (Lipinski definition) is 1. The van der Waals surface area contributed by atoms with Crippen molar-refractivity contribution >= 4 is 33.8 Å². The highest BCUT2D eigenvalue weighted by atomic mass is 32.2. The van der Waals surface area contributed by atoms with E-state index in [1.54, 1.807) is 11.8 Å². The number of hydrogen-bond acceptors (Lipinski definition) is 4. The molecule has 0 fully saturated rings. The van der Waals surface area contributed by atoms with Crippen LogP contribution in [0, 0.1) is 6.92 Å². The minimum absolute atomic E-state index is 0.220. The standard InChI is InChI=1S/C19H16N2O2S/c1-12-6-2-3-7-13(12)10-24-11-16-20-17-14-8-4-5-9-15(14)23-18(17)19(22)21-16/h2-9H,10-11H2,1H3,(H,20,21,22). The number of para-hydroxylation sites is 1. The molecule has 0 aliphatic rings. The second kappa shape index (κ2) is 6.17. The number of aromatic amines is 1. The van der Waals surface area contributed by atoms with E-state index in [1.807, 2.05) is 36.4 Å². The molecule has 0 spiro atoms. The van der Waals surface area contributed by atoms with Gasteiger partial charge >= 0.3 is 0 Å². The SMILES string of the molecule is Cc1ccccc1CSCc1nc2c(oc3ccccc32)c(=O)[nH]1. The minimum atomic E-state index is -0.220. The summed E-state index contributed by atoms with van der Waals surface area (Å²) in [6.07, 6.45) is 0. The van der Waals surface area contributed by atoms with Gasteiger partial charge in [-0.1, -0.05) is 36.4 Å². The van der Waals surface area contributed by atoms with E-state index >= 15 is 0 Å².